The molecule has 8 heteroatoms. The lowest BCUT2D eigenvalue weighted by Gasteiger charge is -2.32. The molecule has 1 unspecified atom stereocenters. The highest BCUT2D eigenvalue weighted by Gasteiger charge is 2.21. The molecule has 0 spiro atoms. The summed E-state index contributed by atoms with van der Waals surface area (Å²) in [5, 5.41) is 0.978. The molecular formula is C20H21N3O4S. The monoisotopic (exact) mass is 399 g/mol. The Hall–Kier alpha value is -2.84. The highest BCUT2D eigenvalue weighted by Crippen LogP contribution is 2.40. The molecule has 0 saturated heterocycles. The number of nitrogens with zero attached hydrogens (tertiary/aromatic N) is 2. The van der Waals surface area contributed by atoms with Crippen LogP contribution in [0.4, 0.5) is 17.1 Å². The summed E-state index contributed by atoms with van der Waals surface area (Å²) in [6, 6.07) is 11.6. The molecule has 146 valence electrons. The number of benzene rings is 2. The number of anilines is 3. The van der Waals surface area contributed by atoms with Crippen molar-refractivity contribution in [2.24, 2.45) is 0 Å². The average molecular weight is 399 g/mol. The first-order valence-corrected chi connectivity index (χ1v) is 10.00. The van der Waals surface area contributed by atoms with Crippen molar-refractivity contribution in [1.82, 2.24) is 4.98 Å². The smallest absolute Gasteiger partial charge is 0.259 e. The van der Waals surface area contributed by atoms with E-state index in [0.717, 1.165) is 47.2 Å². The summed E-state index contributed by atoms with van der Waals surface area (Å²) in [6.45, 7) is 0.874. The number of hydrogen-bond acceptors (Lipinski definition) is 5. The van der Waals surface area contributed by atoms with E-state index in [1.54, 1.807) is 20.4 Å². The molecular weight excluding hydrogens is 378 g/mol. The van der Waals surface area contributed by atoms with Crippen LogP contribution in [-0.4, -0.2) is 34.5 Å². The molecule has 28 heavy (non-hydrogen) atoms. The molecule has 7 nitrogen and oxygen atoms in total. The molecule has 3 aromatic rings. The topological polar surface area (TPSA) is 83.9 Å². The number of rotatable bonds is 5. The summed E-state index contributed by atoms with van der Waals surface area (Å²) in [5.74, 6) is 1.30. The van der Waals surface area contributed by atoms with Crippen LogP contribution in [0.2, 0.25) is 0 Å². The van der Waals surface area contributed by atoms with Crippen LogP contribution in [0.15, 0.2) is 42.6 Å². The number of methoxy groups -OCH3 is 2. The number of aromatic nitrogens is 1. The van der Waals surface area contributed by atoms with Crippen molar-refractivity contribution < 1.29 is 18.2 Å². The van der Waals surface area contributed by atoms with Crippen LogP contribution in [0.25, 0.3) is 10.9 Å². The molecule has 1 aliphatic rings. The molecule has 1 aromatic heterocycles. The van der Waals surface area contributed by atoms with E-state index in [1.165, 1.54) is 0 Å². The van der Waals surface area contributed by atoms with Gasteiger partial charge < -0.3 is 14.4 Å². The van der Waals surface area contributed by atoms with Gasteiger partial charge in [-0.15, -0.1) is 0 Å². The van der Waals surface area contributed by atoms with Crippen molar-refractivity contribution in [2.45, 2.75) is 12.8 Å². The van der Waals surface area contributed by atoms with E-state index in [0.29, 0.717) is 17.2 Å². The van der Waals surface area contributed by atoms with Crippen LogP contribution in [-0.2, 0) is 17.7 Å². The minimum atomic E-state index is -2.09. The van der Waals surface area contributed by atoms with Crippen LogP contribution in [0.3, 0.4) is 0 Å². The van der Waals surface area contributed by atoms with E-state index < -0.39 is 11.3 Å². The Labute approximate surface area is 165 Å². The predicted molar refractivity (Wildman–Crippen MR) is 111 cm³/mol. The van der Waals surface area contributed by atoms with Gasteiger partial charge in [0.25, 0.3) is 11.3 Å². The molecule has 0 amide bonds. The largest absolute Gasteiger partial charge is 0.493 e. The predicted octanol–water partition coefficient (Wildman–Crippen LogP) is 3.88. The van der Waals surface area contributed by atoms with Gasteiger partial charge in [0.2, 0.25) is 0 Å². The zero-order valence-electron chi connectivity index (χ0n) is 15.6. The maximum absolute atomic E-state index is 11.0. The molecule has 0 radical (unpaired) electrons. The zero-order valence-corrected chi connectivity index (χ0v) is 16.5. The summed E-state index contributed by atoms with van der Waals surface area (Å²) in [7, 11) is 3.23. The highest BCUT2D eigenvalue weighted by molar-refractivity contribution is 7.80. The van der Waals surface area contributed by atoms with Gasteiger partial charge in [-0.05, 0) is 48.7 Å². The molecule has 0 saturated carbocycles. The van der Waals surface area contributed by atoms with Crippen molar-refractivity contribution in [3.63, 3.8) is 0 Å². The zero-order chi connectivity index (χ0) is 19.7. The lowest BCUT2D eigenvalue weighted by atomic mass is 9.99. The van der Waals surface area contributed by atoms with Crippen molar-refractivity contribution in [1.29, 1.82) is 0 Å². The number of pyridine rings is 1. The molecule has 4 rings (SSSR count). The number of fused-ring (bicyclic) bond motifs is 2. The SMILES string of the molecule is COc1cc2nccc(N3CCCc4cc(NS(=O)O)ccc43)c2cc1OC. The average Bonchev–Trinajstić information content (AvgIpc) is 2.71. The van der Waals surface area contributed by atoms with Gasteiger partial charge in [-0.25, -0.2) is 4.21 Å². The first-order valence-electron chi connectivity index (χ1n) is 8.89. The molecule has 0 fully saturated rings. The van der Waals surface area contributed by atoms with Crippen LogP contribution < -0.4 is 19.1 Å². The van der Waals surface area contributed by atoms with E-state index >= 15 is 0 Å². The Bertz CT molecular complexity index is 1060. The van der Waals surface area contributed by atoms with Crippen molar-refractivity contribution in [3.8, 4) is 11.5 Å². The van der Waals surface area contributed by atoms with Gasteiger partial charge in [0.15, 0.2) is 11.5 Å². The first kappa shape index (κ1) is 18.5. The van der Waals surface area contributed by atoms with Gasteiger partial charge in [-0.3, -0.25) is 14.3 Å². The molecule has 2 heterocycles. The second kappa shape index (κ2) is 7.65. The summed E-state index contributed by atoms with van der Waals surface area (Å²) in [5.41, 5.74) is 4.72. The van der Waals surface area contributed by atoms with Gasteiger partial charge >= 0.3 is 0 Å². The Balaban J connectivity index is 1.82. The van der Waals surface area contributed by atoms with Crippen LogP contribution >= 0.6 is 0 Å². The quantitative estimate of drug-likeness (QED) is 0.634. The molecule has 2 N–H and O–H groups in total. The third-order valence-electron chi connectivity index (χ3n) is 4.92. The van der Waals surface area contributed by atoms with Crippen molar-refractivity contribution in [2.75, 3.05) is 30.4 Å². The minimum absolute atomic E-state index is 0.632. The van der Waals surface area contributed by atoms with E-state index in [-0.39, 0.29) is 0 Å². The van der Waals surface area contributed by atoms with E-state index in [2.05, 4.69) is 14.6 Å². The van der Waals surface area contributed by atoms with E-state index in [1.807, 2.05) is 36.4 Å². The minimum Gasteiger partial charge on any atom is -0.493 e. The number of nitrogens with one attached hydrogen (secondary N) is 1. The normalized spacial score (nSPS) is 14.5. The molecule has 1 atom stereocenters. The van der Waals surface area contributed by atoms with Crippen molar-refractivity contribution >= 4 is 39.2 Å². The Morgan fingerprint density at radius 3 is 2.64 bits per heavy atom. The van der Waals surface area contributed by atoms with Gasteiger partial charge in [-0.1, -0.05) is 0 Å². The second-order valence-electron chi connectivity index (χ2n) is 6.50. The van der Waals surface area contributed by atoms with Crippen LogP contribution in [0.1, 0.15) is 12.0 Å². The van der Waals surface area contributed by atoms with Gasteiger partial charge in [0.05, 0.1) is 25.4 Å². The Kier molecular flexibility index (Phi) is 5.06. The summed E-state index contributed by atoms with van der Waals surface area (Å²) < 4.78 is 33.5. The maximum atomic E-state index is 11.0. The summed E-state index contributed by atoms with van der Waals surface area (Å²) in [4.78, 5) is 6.75. The standard InChI is InChI=1S/C20H21N3O4S/c1-26-19-11-15-16(12-20(19)27-2)21-8-7-18(15)23-9-3-4-13-10-14(22-28(24)25)5-6-17(13)23/h5-8,10-12,22H,3-4,9H2,1-2H3,(H,24,25). The number of ether oxygens (including phenoxy) is 2. The number of hydrogen-bond donors (Lipinski definition) is 2. The molecule has 1 aliphatic heterocycles. The van der Waals surface area contributed by atoms with Crippen LogP contribution in [0.5, 0.6) is 11.5 Å². The van der Waals surface area contributed by atoms with Gasteiger partial charge in [-0.2, -0.15) is 0 Å². The highest BCUT2D eigenvalue weighted by atomic mass is 32.2. The number of aryl methyl sites for hydroxylation is 1. The van der Waals surface area contributed by atoms with Crippen molar-refractivity contribution in [3.05, 3.63) is 48.2 Å². The fraction of sp³-hybridized carbons (Fsp3) is 0.250. The summed E-state index contributed by atoms with van der Waals surface area (Å²) in [6.07, 6.45) is 3.69. The molecule has 0 bridgehead atoms. The molecule has 2 aromatic carbocycles. The van der Waals surface area contributed by atoms with E-state index in [4.69, 9.17) is 14.0 Å². The van der Waals surface area contributed by atoms with Gasteiger partial charge in [0.1, 0.15) is 0 Å². The fourth-order valence-electron chi connectivity index (χ4n) is 3.71. The Morgan fingerprint density at radius 2 is 1.89 bits per heavy atom. The summed E-state index contributed by atoms with van der Waals surface area (Å²) >= 11 is -2.09. The van der Waals surface area contributed by atoms with Crippen LogP contribution in [0, 0.1) is 0 Å². The lowest BCUT2D eigenvalue weighted by Crippen LogP contribution is -2.25. The lowest BCUT2D eigenvalue weighted by molar-refractivity contribution is 0.356. The van der Waals surface area contributed by atoms with E-state index in [9.17, 15) is 4.21 Å². The third-order valence-corrected chi connectivity index (χ3v) is 5.33. The molecule has 0 aliphatic carbocycles. The first-order chi connectivity index (χ1) is 13.6. The Morgan fingerprint density at radius 1 is 1.11 bits per heavy atom. The van der Waals surface area contributed by atoms with Gasteiger partial charge in [0, 0.05) is 35.6 Å². The fourth-order valence-corrected chi connectivity index (χ4v) is 4.03. The maximum Gasteiger partial charge on any atom is 0.259 e. The third kappa shape index (κ3) is 3.36. The second-order valence-corrected chi connectivity index (χ2v) is 7.21.